The van der Waals surface area contributed by atoms with Gasteiger partial charge in [-0.05, 0) is 44.6 Å². The highest BCUT2D eigenvalue weighted by molar-refractivity contribution is 5.92. The Balaban J connectivity index is 1.14. The molecule has 1 amide bonds. The van der Waals surface area contributed by atoms with Gasteiger partial charge in [0.25, 0.3) is 5.91 Å². The predicted octanol–water partition coefficient (Wildman–Crippen LogP) is 2.64. The first-order valence-corrected chi connectivity index (χ1v) is 10.2. The zero-order valence-corrected chi connectivity index (χ0v) is 16.5. The summed E-state index contributed by atoms with van der Waals surface area (Å²) >= 11 is 0. The molecule has 0 bridgehead atoms. The van der Waals surface area contributed by atoms with Gasteiger partial charge in [-0.25, -0.2) is 14.5 Å². The van der Waals surface area contributed by atoms with Crippen LogP contribution in [0, 0.1) is 12.8 Å². The van der Waals surface area contributed by atoms with Gasteiger partial charge >= 0.3 is 0 Å². The largest absolute Gasteiger partial charge is 0.476 e. The van der Waals surface area contributed by atoms with Gasteiger partial charge in [0.15, 0.2) is 5.65 Å². The van der Waals surface area contributed by atoms with Crippen molar-refractivity contribution in [3.63, 3.8) is 0 Å². The quantitative estimate of drug-likeness (QED) is 0.664. The van der Waals surface area contributed by atoms with Gasteiger partial charge in [0.2, 0.25) is 5.88 Å². The third-order valence-corrected chi connectivity index (χ3v) is 5.68. The molecule has 150 valence electrons. The van der Waals surface area contributed by atoms with E-state index in [1.807, 2.05) is 34.7 Å². The van der Waals surface area contributed by atoms with Crippen molar-refractivity contribution in [3.8, 4) is 5.88 Å². The maximum atomic E-state index is 12.5. The van der Waals surface area contributed by atoms with Crippen molar-refractivity contribution in [2.45, 2.75) is 38.5 Å². The summed E-state index contributed by atoms with van der Waals surface area (Å²) in [7, 11) is 0. The molecule has 0 aromatic carbocycles. The average molecular weight is 392 g/mol. The highest BCUT2D eigenvalue weighted by atomic mass is 16.5. The molecular weight excluding hydrogens is 368 g/mol. The van der Waals surface area contributed by atoms with Crippen LogP contribution in [0.5, 0.6) is 5.88 Å². The lowest BCUT2D eigenvalue weighted by atomic mass is 9.97. The summed E-state index contributed by atoms with van der Waals surface area (Å²) in [6.07, 6.45) is 9.47. The Kier molecular flexibility index (Phi) is 4.61. The molecule has 5 rings (SSSR count). The molecule has 8 nitrogen and oxygen atoms in total. The second-order valence-electron chi connectivity index (χ2n) is 8.00. The highest BCUT2D eigenvalue weighted by Gasteiger charge is 2.27. The lowest BCUT2D eigenvalue weighted by molar-refractivity contribution is 0.0652. The number of piperidine rings is 1. The molecule has 2 fully saturated rings. The fourth-order valence-corrected chi connectivity index (χ4v) is 3.71. The minimum Gasteiger partial charge on any atom is -0.476 e. The van der Waals surface area contributed by atoms with E-state index in [4.69, 9.17) is 4.74 Å². The van der Waals surface area contributed by atoms with Crippen LogP contribution in [0.1, 0.15) is 53.5 Å². The number of rotatable bonds is 5. The van der Waals surface area contributed by atoms with E-state index in [2.05, 4.69) is 20.1 Å². The van der Waals surface area contributed by atoms with Crippen LogP contribution in [0.15, 0.2) is 30.7 Å². The minimum atomic E-state index is -0.0458. The Hall–Kier alpha value is -3.03. The van der Waals surface area contributed by atoms with E-state index in [-0.39, 0.29) is 5.91 Å². The zero-order chi connectivity index (χ0) is 19.8. The van der Waals surface area contributed by atoms with E-state index in [1.54, 1.807) is 12.4 Å². The molecule has 1 aliphatic carbocycles. The predicted molar refractivity (Wildman–Crippen MR) is 106 cm³/mol. The first kappa shape index (κ1) is 18.0. The van der Waals surface area contributed by atoms with Gasteiger partial charge in [0.05, 0.1) is 30.4 Å². The summed E-state index contributed by atoms with van der Waals surface area (Å²) in [6.45, 7) is 3.88. The maximum Gasteiger partial charge on any atom is 0.274 e. The molecule has 1 saturated carbocycles. The van der Waals surface area contributed by atoms with Crippen LogP contribution in [0.25, 0.3) is 5.65 Å². The normalized spacial score (nSPS) is 17.6. The molecule has 0 spiro atoms. The monoisotopic (exact) mass is 392 g/mol. The van der Waals surface area contributed by atoms with Crippen LogP contribution in [0.3, 0.4) is 0 Å². The van der Waals surface area contributed by atoms with Gasteiger partial charge in [-0.15, -0.1) is 5.10 Å². The summed E-state index contributed by atoms with van der Waals surface area (Å²) in [6, 6.07) is 3.84. The summed E-state index contributed by atoms with van der Waals surface area (Å²) in [5, 5.41) is 4.53. The number of imidazole rings is 1. The molecule has 3 aromatic heterocycles. The summed E-state index contributed by atoms with van der Waals surface area (Å²) in [5.41, 5.74) is 3.22. The van der Waals surface area contributed by atoms with E-state index in [9.17, 15) is 4.79 Å². The molecule has 0 radical (unpaired) electrons. The molecule has 0 unspecified atom stereocenters. The Morgan fingerprint density at radius 2 is 1.97 bits per heavy atom. The van der Waals surface area contributed by atoms with E-state index < -0.39 is 0 Å². The number of likely N-dealkylation sites (tertiary alicyclic amines) is 1. The van der Waals surface area contributed by atoms with Crippen LogP contribution >= 0.6 is 0 Å². The highest BCUT2D eigenvalue weighted by Crippen LogP contribution is 2.39. The van der Waals surface area contributed by atoms with Crippen LogP contribution in [0.2, 0.25) is 0 Å². The number of hydrogen-bond donors (Lipinski definition) is 0. The van der Waals surface area contributed by atoms with Crippen LogP contribution in [-0.4, -0.2) is 55.1 Å². The summed E-state index contributed by atoms with van der Waals surface area (Å²) in [4.78, 5) is 27.4. The van der Waals surface area contributed by atoms with Gasteiger partial charge in [-0.3, -0.25) is 9.78 Å². The van der Waals surface area contributed by atoms with Crippen molar-refractivity contribution < 1.29 is 9.53 Å². The number of hydrogen-bond acceptors (Lipinski definition) is 6. The van der Waals surface area contributed by atoms with Gasteiger partial charge in [-0.2, -0.15) is 0 Å². The van der Waals surface area contributed by atoms with Gasteiger partial charge < -0.3 is 9.64 Å². The van der Waals surface area contributed by atoms with Crippen LogP contribution in [-0.2, 0) is 0 Å². The second-order valence-corrected chi connectivity index (χ2v) is 8.00. The third kappa shape index (κ3) is 3.92. The Morgan fingerprint density at radius 1 is 1.14 bits per heavy atom. The maximum absolute atomic E-state index is 12.5. The molecule has 2 aliphatic rings. The SMILES string of the molecule is Cc1cnc(C(=O)N2CCC(COc3ccc4nc(C5CC5)cn4n3)CC2)cn1. The topological polar surface area (TPSA) is 85.5 Å². The Morgan fingerprint density at radius 3 is 2.69 bits per heavy atom. The molecule has 0 N–H and O–H groups in total. The zero-order valence-electron chi connectivity index (χ0n) is 16.5. The molecular formula is C21H24N6O2. The van der Waals surface area contributed by atoms with Gasteiger partial charge in [-0.1, -0.05) is 0 Å². The number of carbonyl (C=O) groups excluding carboxylic acids is 1. The number of nitrogens with zero attached hydrogens (tertiary/aromatic N) is 6. The lowest BCUT2D eigenvalue weighted by Crippen LogP contribution is -2.40. The van der Waals surface area contributed by atoms with E-state index >= 15 is 0 Å². The van der Waals surface area contributed by atoms with Crippen molar-refractivity contribution in [1.29, 1.82) is 0 Å². The minimum absolute atomic E-state index is 0.0458. The van der Waals surface area contributed by atoms with Crippen molar-refractivity contribution in [3.05, 3.63) is 47.8 Å². The molecule has 0 atom stereocenters. The van der Waals surface area contributed by atoms with Crippen molar-refractivity contribution in [2.75, 3.05) is 19.7 Å². The van der Waals surface area contributed by atoms with Gasteiger partial charge in [0.1, 0.15) is 5.69 Å². The van der Waals surface area contributed by atoms with E-state index in [0.717, 1.165) is 29.9 Å². The number of aromatic nitrogens is 5. The molecule has 3 aromatic rings. The number of carbonyl (C=O) groups is 1. The van der Waals surface area contributed by atoms with Crippen LogP contribution < -0.4 is 4.74 Å². The van der Waals surface area contributed by atoms with E-state index in [1.165, 1.54) is 12.8 Å². The molecule has 4 heterocycles. The number of aryl methyl sites for hydroxylation is 1. The first-order valence-electron chi connectivity index (χ1n) is 10.2. The van der Waals surface area contributed by atoms with Crippen molar-refractivity contribution in [2.24, 2.45) is 5.92 Å². The standard InChI is InChI=1S/C21H24N6O2/c1-14-10-23-17(11-22-14)21(28)26-8-6-15(7-9-26)13-29-20-5-4-19-24-18(16-2-3-16)12-27(19)25-20/h4-5,10-12,15-16H,2-3,6-9,13H2,1H3. The Bertz CT molecular complexity index is 1020. The number of amides is 1. The van der Waals surface area contributed by atoms with Crippen LogP contribution in [0.4, 0.5) is 0 Å². The number of ether oxygens (including phenoxy) is 1. The number of fused-ring (bicyclic) bond motifs is 1. The van der Waals surface area contributed by atoms with E-state index in [0.29, 0.717) is 43.1 Å². The molecule has 1 saturated heterocycles. The molecule has 8 heteroatoms. The fourth-order valence-electron chi connectivity index (χ4n) is 3.71. The van der Waals surface area contributed by atoms with Gasteiger partial charge in [0, 0.05) is 31.3 Å². The smallest absolute Gasteiger partial charge is 0.274 e. The van der Waals surface area contributed by atoms with Crippen molar-refractivity contribution in [1.82, 2.24) is 29.5 Å². The first-order chi connectivity index (χ1) is 14.2. The average Bonchev–Trinajstić information content (AvgIpc) is 3.52. The van der Waals surface area contributed by atoms with Crippen molar-refractivity contribution >= 4 is 11.6 Å². The Labute approximate surface area is 168 Å². The molecule has 29 heavy (non-hydrogen) atoms. The second kappa shape index (κ2) is 7.42. The molecule has 1 aliphatic heterocycles. The fraction of sp³-hybridized carbons (Fsp3) is 0.476. The summed E-state index contributed by atoms with van der Waals surface area (Å²) in [5.74, 6) is 1.59. The third-order valence-electron chi connectivity index (χ3n) is 5.68. The summed E-state index contributed by atoms with van der Waals surface area (Å²) < 4.78 is 7.76. The lowest BCUT2D eigenvalue weighted by Gasteiger charge is -2.31.